The number of carbonyl (C=O) groups excluding carboxylic acids is 1. The normalized spacial score (nSPS) is 16.7. The van der Waals surface area contributed by atoms with Crippen LogP contribution in [0, 0.1) is 19.8 Å². The van der Waals surface area contributed by atoms with Gasteiger partial charge in [0.05, 0.1) is 22.5 Å². The Morgan fingerprint density at radius 2 is 2.15 bits per heavy atom. The van der Waals surface area contributed by atoms with Crippen molar-refractivity contribution in [3.63, 3.8) is 0 Å². The molecule has 0 bridgehead atoms. The van der Waals surface area contributed by atoms with Gasteiger partial charge in [0.15, 0.2) is 0 Å². The van der Waals surface area contributed by atoms with E-state index in [1.54, 1.807) is 18.5 Å². The summed E-state index contributed by atoms with van der Waals surface area (Å²) in [6, 6.07) is 9.68. The lowest BCUT2D eigenvalue weighted by molar-refractivity contribution is 0.0786. The summed E-state index contributed by atoms with van der Waals surface area (Å²) in [5.74, 6) is 1.26. The van der Waals surface area contributed by atoms with Crippen LogP contribution < -0.4 is 0 Å². The van der Waals surface area contributed by atoms with Gasteiger partial charge in [-0.05, 0) is 56.9 Å². The summed E-state index contributed by atoms with van der Waals surface area (Å²) in [6.07, 6.45) is 5.16. The van der Waals surface area contributed by atoms with E-state index >= 15 is 0 Å². The Balaban J connectivity index is 1.45. The average molecular weight is 362 g/mol. The van der Waals surface area contributed by atoms with E-state index in [0.717, 1.165) is 54.3 Å². The van der Waals surface area contributed by atoms with Gasteiger partial charge in [-0.3, -0.25) is 14.8 Å². The van der Waals surface area contributed by atoms with Gasteiger partial charge in [-0.2, -0.15) is 0 Å². The zero-order chi connectivity index (χ0) is 18.8. The molecule has 4 rings (SSSR count). The topological polar surface area (TPSA) is 72.1 Å². The number of nitrogens with zero attached hydrogens (tertiary/aromatic N) is 4. The fraction of sp³-hybridized carbons (Fsp3) is 0.333. The number of pyridine rings is 2. The van der Waals surface area contributed by atoms with Crippen LogP contribution in [0.1, 0.15) is 33.9 Å². The van der Waals surface area contributed by atoms with Crippen LogP contribution in [-0.4, -0.2) is 39.0 Å². The van der Waals surface area contributed by atoms with Crippen molar-refractivity contribution in [2.75, 3.05) is 13.1 Å². The maximum Gasteiger partial charge on any atom is 0.255 e. The van der Waals surface area contributed by atoms with Gasteiger partial charge >= 0.3 is 0 Å². The van der Waals surface area contributed by atoms with Crippen LogP contribution in [0.15, 0.2) is 47.2 Å². The molecule has 0 aliphatic carbocycles. The van der Waals surface area contributed by atoms with Crippen molar-refractivity contribution in [2.24, 2.45) is 5.92 Å². The minimum Gasteiger partial charge on any atom is -0.361 e. The zero-order valence-electron chi connectivity index (χ0n) is 15.6. The van der Waals surface area contributed by atoms with Crippen molar-refractivity contribution in [3.8, 4) is 11.3 Å². The molecule has 0 aromatic carbocycles. The van der Waals surface area contributed by atoms with Gasteiger partial charge in [0, 0.05) is 31.2 Å². The number of amides is 1. The molecule has 1 atom stereocenters. The Kier molecular flexibility index (Phi) is 4.71. The van der Waals surface area contributed by atoms with E-state index in [1.807, 2.05) is 43.0 Å². The van der Waals surface area contributed by atoms with Crippen molar-refractivity contribution in [2.45, 2.75) is 26.7 Å². The summed E-state index contributed by atoms with van der Waals surface area (Å²) in [5.41, 5.74) is 4.40. The number of likely N-dealkylation sites (tertiary alicyclic amines) is 1. The maximum absolute atomic E-state index is 12.6. The largest absolute Gasteiger partial charge is 0.361 e. The molecule has 1 amide bonds. The van der Waals surface area contributed by atoms with Crippen LogP contribution in [0.25, 0.3) is 11.3 Å². The molecule has 0 unspecified atom stereocenters. The zero-order valence-corrected chi connectivity index (χ0v) is 15.6. The number of hydrogen-bond donors (Lipinski definition) is 0. The van der Waals surface area contributed by atoms with Crippen molar-refractivity contribution in [3.05, 3.63) is 65.4 Å². The van der Waals surface area contributed by atoms with E-state index in [2.05, 4.69) is 10.1 Å². The molecule has 27 heavy (non-hydrogen) atoms. The van der Waals surface area contributed by atoms with Crippen LogP contribution >= 0.6 is 0 Å². The van der Waals surface area contributed by atoms with Gasteiger partial charge in [0.2, 0.25) is 0 Å². The van der Waals surface area contributed by atoms with Crippen LogP contribution in [0.3, 0.4) is 0 Å². The number of aromatic nitrogens is 3. The van der Waals surface area contributed by atoms with Gasteiger partial charge in [-0.1, -0.05) is 11.2 Å². The van der Waals surface area contributed by atoms with E-state index in [1.165, 1.54) is 0 Å². The molecular formula is C21H22N4O2. The Morgan fingerprint density at radius 1 is 1.26 bits per heavy atom. The summed E-state index contributed by atoms with van der Waals surface area (Å²) < 4.78 is 5.27. The number of carbonyl (C=O) groups is 1. The third kappa shape index (κ3) is 3.60. The molecule has 3 aromatic rings. The molecule has 1 saturated heterocycles. The van der Waals surface area contributed by atoms with E-state index in [-0.39, 0.29) is 5.91 Å². The summed E-state index contributed by atoms with van der Waals surface area (Å²) in [6.45, 7) is 5.37. The number of hydrogen-bond acceptors (Lipinski definition) is 5. The fourth-order valence-electron chi connectivity index (χ4n) is 3.73. The predicted molar refractivity (Wildman–Crippen MR) is 101 cm³/mol. The number of aryl methyl sites for hydroxylation is 2. The Hall–Kier alpha value is -3.02. The van der Waals surface area contributed by atoms with Crippen molar-refractivity contribution < 1.29 is 9.32 Å². The summed E-state index contributed by atoms with van der Waals surface area (Å²) in [5, 5.41) is 4.02. The van der Waals surface area contributed by atoms with Crippen LogP contribution in [0.4, 0.5) is 0 Å². The molecule has 1 fully saturated rings. The molecule has 0 N–H and O–H groups in total. The third-order valence-corrected chi connectivity index (χ3v) is 5.08. The molecular weight excluding hydrogens is 340 g/mol. The molecule has 6 nitrogen and oxygen atoms in total. The van der Waals surface area contributed by atoms with E-state index in [0.29, 0.717) is 11.5 Å². The first-order valence-electron chi connectivity index (χ1n) is 9.20. The molecule has 138 valence electrons. The molecule has 1 aliphatic rings. The standard InChI is InChI=1S/C21H22N4O2/c1-14-20(15(2)27-24-14)19-7-3-6-18(23-19)11-16-8-10-25(13-16)21(26)17-5-4-9-22-12-17/h3-7,9,12,16H,8,10-11,13H2,1-2H3/t16-/m0/s1. The summed E-state index contributed by atoms with van der Waals surface area (Å²) in [4.78, 5) is 23.4. The molecule has 3 aromatic heterocycles. The van der Waals surface area contributed by atoms with Crippen LogP contribution in [0.5, 0.6) is 0 Å². The lowest BCUT2D eigenvalue weighted by Gasteiger charge is -2.16. The lowest BCUT2D eigenvalue weighted by atomic mass is 10.0. The smallest absolute Gasteiger partial charge is 0.255 e. The second kappa shape index (κ2) is 7.31. The predicted octanol–water partition coefficient (Wildman–Crippen LogP) is 3.45. The first-order valence-corrected chi connectivity index (χ1v) is 9.20. The van der Waals surface area contributed by atoms with Crippen molar-refractivity contribution >= 4 is 5.91 Å². The highest BCUT2D eigenvalue weighted by molar-refractivity contribution is 5.94. The summed E-state index contributed by atoms with van der Waals surface area (Å²) >= 11 is 0. The highest BCUT2D eigenvalue weighted by Crippen LogP contribution is 2.27. The monoisotopic (exact) mass is 362 g/mol. The minimum atomic E-state index is 0.0584. The highest BCUT2D eigenvalue weighted by atomic mass is 16.5. The first-order chi connectivity index (χ1) is 13.1. The quantitative estimate of drug-likeness (QED) is 0.711. The highest BCUT2D eigenvalue weighted by Gasteiger charge is 2.27. The molecule has 6 heteroatoms. The van der Waals surface area contributed by atoms with Crippen LogP contribution in [0.2, 0.25) is 0 Å². The van der Waals surface area contributed by atoms with E-state index < -0.39 is 0 Å². The van der Waals surface area contributed by atoms with E-state index in [9.17, 15) is 4.79 Å². The van der Waals surface area contributed by atoms with Crippen molar-refractivity contribution in [1.82, 2.24) is 20.0 Å². The third-order valence-electron chi connectivity index (χ3n) is 5.08. The van der Waals surface area contributed by atoms with Gasteiger partial charge in [-0.15, -0.1) is 0 Å². The second-order valence-electron chi connectivity index (χ2n) is 7.07. The van der Waals surface area contributed by atoms with Gasteiger partial charge in [0.1, 0.15) is 5.76 Å². The van der Waals surface area contributed by atoms with Crippen molar-refractivity contribution in [1.29, 1.82) is 0 Å². The SMILES string of the molecule is Cc1noc(C)c1-c1cccc(C[C@@H]2CCN(C(=O)c3cccnc3)C2)n1. The molecule has 0 spiro atoms. The fourth-order valence-corrected chi connectivity index (χ4v) is 3.73. The minimum absolute atomic E-state index is 0.0584. The van der Waals surface area contributed by atoms with Gasteiger partial charge in [0.25, 0.3) is 5.91 Å². The Bertz CT molecular complexity index is 932. The summed E-state index contributed by atoms with van der Waals surface area (Å²) in [7, 11) is 0. The average Bonchev–Trinajstić information content (AvgIpc) is 3.28. The van der Waals surface area contributed by atoms with Gasteiger partial charge < -0.3 is 9.42 Å². The van der Waals surface area contributed by atoms with Crippen LogP contribution in [-0.2, 0) is 6.42 Å². The lowest BCUT2D eigenvalue weighted by Crippen LogP contribution is -2.29. The first kappa shape index (κ1) is 17.4. The molecule has 1 aliphatic heterocycles. The maximum atomic E-state index is 12.6. The number of rotatable bonds is 4. The molecule has 0 radical (unpaired) electrons. The van der Waals surface area contributed by atoms with E-state index in [4.69, 9.17) is 9.51 Å². The Labute approximate surface area is 158 Å². The Morgan fingerprint density at radius 3 is 2.89 bits per heavy atom. The molecule has 4 heterocycles. The van der Waals surface area contributed by atoms with Gasteiger partial charge in [-0.25, -0.2) is 0 Å². The second-order valence-corrected chi connectivity index (χ2v) is 7.07. The molecule has 0 saturated carbocycles.